The first-order valence-corrected chi connectivity index (χ1v) is 8.60. The van der Waals surface area contributed by atoms with Crippen LogP contribution in [-0.2, 0) is 11.2 Å². The van der Waals surface area contributed by atoms with E-state index in [1.165, 1.54) is 6.07 Å². The van der Waals surface area contributed by atoms with Crippen LogP contribution in [-0.4, -0.2) is 33.4 Å². The zero-order valence-electron chi connectivity index (χ0n) is 14.5. The van der Waals surface area contributed by atoms with Crippen molar-refractivity contribution < 1.29 is 4.79 Å². The van der Waals surface area contributed by atoms with E-state index in [2.05, 4.69) is 26.8 Å². The Bertz CT molecular complexity index is 815. The first-order chi connectivity index (χ1) is 12.0. The number of aromatic nitrogens is 3. The van der Waals surface area contributed by atoms with Crippen molar-refractivity contribution in [1.82, 2.24) is 15.0 Å². The lowest BCUT2D eigenvalue weighted by Gasteiger charge is -2.37. The zero-order valence-corrected chi connectivity index (χ0v) is 14.5. The number of carbonyl (C=O) groups excluding carboxylic acids is 1. The molecular formula is C18H23N5O2. The molecular weight excluding hydrogens is 318 g/mol. The number of H-pyrrole nitrogens is 1. The predicted octanol–water partition coefficient (Wildman–Crippen LogP) is 1.48. The molecule has 2 aromatic heterocycles. The Labute approximate surface area is 146 Å². The van der Waals surface area contributed by atoms with Crippen LogP contribution in [0.25, 0.3) is 11.4 Å². The van der Waals surface area contributed by atoms with E-state index in [0.29, 0.717) is 24.8 Å². The molecule has 1 aliphatic rings. The van der Waals surface area contributed by atoms with Gasteiger partial charge in [0.25, 0.3) is 5.56 Å². The van der Waals surface area contributed by atoms with Crippen molar-refractivity contribution in [2.24, 2.45) is 11.7 Å². The lowest BCUT2D eigenvalue weighted by molar-refractivity contribution is -0.122. The van der Waals surface area contributed by atoms with Gasteiger partial charge in [-0.2, -0.15) is 0 Å². The second kappa shape index (κ2) is 7.04. The fourth-order valence-electron chi connectivity index (χ4n) is 3.18. The second-order valence-electron chi connectivity index (χ2n) is 6.52. The Balaban J connectivity index is 1.86. The number of piperidine rings is 1. The number of aryl methyl sites for hydroxylation is 1. The number of nitrogens with two attached hydrogens (primary N) is 1. The normalized spacial score (nSPS) is 20.5. The molecule has 0 bridgehead atoms. The highest BCUT2D eigenvalue weighted by Gasteiger charge is 2.29. The van der Waals surface area contributed by atoms with Crippen LogP contribution in [0.3, 0.4) is 0 Å². The van der Waals surface area contributed by atoms with E-state index in [1.807, 2.05) is 19.1 Å². The number of rotatable bonds is 4. The Hall–Kier alpha value is -2.70. The number of carbonyl (C=O) groups is 1. The molecule has 2 aromatic rings. The van der Waals surface area contributed by atoms with Crippen molar-refractivity contribution in [2.75, 3.05) is 11.4 Å². The van der Waals surface area contributed by atoms with Crippen LogP contribution in [0.4, 0.5) is 5.82 Å². The summed E-state index contributed by atoms with van der Waals surface area (Å²) in [5.74, 6) is 0.921. The molecule has 1 amide bonds. The van der Waals surface area contributed by atoms with Gasteiger partial charge in [-0.25, -0.2) is 9.97 Å². The van der Waals surface area contributed by atoms with Gasteiger partial charge < -0.3 is 15.6 Å². The van der Waals surface area contributed by atoms with Gasteiger partial charge in [-0.15, -0.1) is 0 Å². The summed E-state index contributed by atoms with van der Waals surface area (Å²) in [6.07, 6.45) is 4.13. The minimum absolute atomic E-state index is 0.142. The maximum absolute atomic E-state index is 11.7. The summed E-state index contributed by atoms with van der Waals surface area (Å²) < 4.78 is 0. The smallest absolute Gasteiger partial charge is 0.251 e. The fraction of sp³-hybridized carbons (Fsp3) is 0.444. The molecule has 2 atom stereocenters. The van der Waals surface area contributed by atoms with E-state index in [9.17, 15) is 9.59 Å². The number of aromatic amines is 1. The summed E-state index contributed by atoms with van der Waals surface area (Å²) in [6.45, 7) is 4.67. The molecule has 7 nitrogen and oxygen atoms in total. The number of anilines is 1. The van der Waals surface area contributed by atoms with Gasteiger partial charge in [-0.1, -0.05) is 6.92 Å². The molecule has 0 aromatic carbocycles. The van der Waals surface area contributed by atoms with E-state index in [0.717, 1.165) is 29.9 Å². The standard InChI is InChI=1S/C18H23N5O2/c1-3-14-8-16(24)22-18(21-14)12-6-7-15(20-9-12)23-10-13(17(19)25)5-4-11(23)2/h6-9,11,13H,3-5,10H2,1-2H3,(H2,19,25)(H,21,22,24)/t11-,13+/m1/s1. The highest BCUT2D eigenvalue weighted by atomic mass is 16.1. The van der Waals surface area contributed by atoms with Crippen LogP contribution >= 0.6 is 0 Å². The lowest BCUT2D eigenvalue weighted by atomic mass is 9.93. The average molecular weight is 341 g/mol. The summed E-state index contributed by atoms with van der Waals surface area (Å²) in [5, 5.41) is 0. The van der Waals surface area contributed by atoms with Gasteiger partial charge in [-0.3, -0.25) is 9.59 Å². The lowest BCUT2D eigenvalue weighted by Crippen LogP contribution is -2.46. The summed E-state index contributed by atoms with van der Waals surface area (Å²) in [7, 11) is 0. The third-order valence-electron chi connectivity index (χ3n) is 4.76. The molecule has 132 valence electrons. The first-order valence-electron chi connectivity index (χ1n) is 8.60. The van der Waals surface area contributed by atoms with Crippen LogP contribution in [0.1, 0.15) is 32.4 Å². The van der Waals surface area contributed by atoms with Crippen LogP contribution < -0.4 is 16.2 Å². The maximum atomic E-state index is 11.7. The maximum Gasteiger partial charge on any atom is 0.251 e. The molecule has 1 fully saturated rings. The monoisotopic (exact) mass is 341 g/mol. The molecule has 0 spiro atoms. The molecule has 0 saturated carbocycles. The van der Waals surface area contributed by atoms with Gasteiger partial charge in [0.2, 0.25) is 5.91 Å². The topological polar surface area (TPSA) is 105 Å². The summed E-state index contributed by atoms with van der Waals surface area (Å²) >= 11 is 0. The molecule has 25 heavy (non-hydrogen) atoms. The molecule has 7 heteroatoms. The van der Waals surface area contributed by atoms with E-state index in [4.69, 9.17) is 5.73 Å². The van der Waals surface area contributed by atoms with Crippen molar-refractivity contribution in [1.29, 1.82) is 0 Å². The molecule has 0 aliphatic carbocycles. The largest absolute Gasteiger partial charge is 0.369 e. The van der Waals surface area contributed by atoms with Crippen LogP contribution in [0, 0.1) is 5.92 Å². The zero-order chi connectivity index (χ0) is 18.0. The fourth-order valence-corrected chi connectivity index (χ4v) is 3.18. The molecule has 3 heterocycles. The van der Waals surface area contributed by atoms with Gasteiger partial charge in [0.05, 0.1) is 5.92 Å². The molecule has 1 saturated heterocycles. The third-order valence-corrected chi connectivity index (χ3v) is 4.76. The second-order valence-corrected chi connectivity index (χ2v) is 6.52. The van der Waals surface area contributed by atoms with Crippen molar-refractivity contribution >= 4 is 11.7 Å². The third kappa shape index (κ3) is 3.70. The number of primary amides is 1. The van der Waals surface area contributed by atoms with Gasteiger partial charge in [0, 0.05) is 36.1 Å². The average Bonchev–Trinajstić information content (AvgIpc) is 2.61. The Morgan fingerprint density at radius 2 is 2.20 bits per heavy atom. The number of hydrogen-bond acceptors (Lipinski definition) is 5. The van der Waals surface area contributed by atoms with Crippen molar-refractivity contribution in [3.63, 3.8) is 0 Å². The van der Waals surface area contributed by atoms with E-state index in [-0.39, 0.29) is 17.4 Å². The number of pyridine rings is 1. The summed E-state index contributed by atoms with van der Waals surface area (Å²) in [4.78, 5) is 37.1. The quantitative estimate of drug-likeness (QED) is 0.876. The van der Waals surface area contributed by atoms with E-state index >= 15 is 0 Å². The summed E-state index contributed by atoms with van der Waals surface area (Å²) in [6, 6.07) is 5.59. The predicted molar refractivity (Wildman–Crippen MR) is 96.2 cm³/mol. The number of hydrogen-bond donors (Lipinski definition) is 2. The van der Waals surface area contributed by atoms with Gasteiger partial charge in [-0.05, 0) is 38.3 Å². The highest BCUT2D eigenvalue weighted by molar-refractivity contribution is 5.77. The first kappa shape index (κ1) is 17.1. The van der Waals surface area contributed by atoms with Crippen LogP contribution in [0.15, 0.2) is 29.2 Å². The molecule has 0 radical (unpaired) electrons. The molecule has 1 aliphatic heterocycles. The molecule has 3 N–H and O–H groups in total. The van der Waals surface area contributed by atoms with Crippen molar-refractivity contribution in [2.45, 2.75) is 39.2 Å². The van der Waals surface area contributed by atoms with Crippen molar-refractivity contribution in [3.05, 3.63) is 40.4 Å². The number of amides is 1. The minimum atomic E-state index is -0.258. The minimum Gasteiger partial charge on any atom is -0.369 e. The van der Waals surface area contributed by atoms with Gasteiger partial charge in [0.1, 0.15) is 11.6 Å². The van der Waals surface area contributed by atoms with Gasteiger partial charge in [0.15, 0.2) is 0 Å². The number of nitrogens with one attached hydrogen (secondary N) is 1. The Morgan fingerprint density at radius 1 is 1.40 bits per heavy atom. The van der Waals surface area contributed by atoms with E-state index in [1.54, 1.807) is 6.20 Å². The van der Waals surface area contributed by atoms with E-state index < -0.39 is 0 Å². The van der Waals surface area contributed by atoms with Crippen LogP contribution in [0.5, 0.6) is 0 Å². The SMILES string of the molecule is CCc1cc(=O)[nH]c(-c2ccc(N3C[C@@H](C(N)=O)CC[C@H]3C)nc2)n1. The van der Waals surface area contributed by atoms with Crippen LogP contribution in [0.2, 0.25) is 0 Å². The number of nitrogens with zero attached hydrogens (tertiary/aromatic N) is 3. The molecule has 3 rings (SSSR count). The van der Waals surface area contributed by atoms with Crippen molar-refractivity contribution in [3.8, 4) is 11.4 Å². The Morgan fingerprint density at radius 3 is 2.84 bits per heavy atom. The summed E-state index contributed by atoms with van der Waals surface area (Å²) in [5.41, 5.74) is 6.80. The van der Waals surface area contributed by atoms with Gasteiger partial charge >= 0.3 is 0 Å². The highest BCUT2D eigenvalue weighted by Crippen LogP contribution is 2.27. The Kier molecular flexibility index (Phi) is 4.83. The molecule has 0 unspecified atom stereocenters.